The Morgan fingerprint density at radius 3 is 2.34 bits per heavy atom. The van der Waals surface area contributed by atoms with Crippen molar-refractivity contribution in [3.8, 4) is 5.75 Å². The Balaban J connectivity index is 1.44. The van der Waals surface area contributed by atoms with E-state index in [9.17, 15) is 14.4 Å². The Bertz CT molecular complexity index is 1420. The second-order valence-corrected chi connectivity index (χ2v) is 9.78. The van der Waals surface area contributed by atoms with Crippen LogP contribution in [0.3, 0.4) is 0 Å². The molecule has 3 aromatic rings. The van der Waals surface area contributed by atoms with E-state index in [2.05, 4.69) is 4.90 Å². The maximum Gasteiger partial charge on any atom is 0.338 e. The Labute approximate surface area is 221 Å². The van der Waals surface area contributed by atoms with Gasteiger partial charge in [-0.25, -0.2) is 9.69 Å². The van der Waals surface area contributed by atoms with Crippen LogP contribution in [-0.4, -0.2) is 37.5 Å². The second kappa shape index (κ2) is 9.82. The van der Waals surface area contributed by atoms with Gasteiger partial charge in [0.05, 0.1) is 29.5 Å². The molecule has 0 spiro atoms. The molecule has 1 fully saturated rings. The van der Waals surface area contributed by atoms with E-state index in [1.807, 2.05) is 54.6 Å². The highest BCUT2D eigenvalue weighted by Crippen LogP contribution is 2.46. The Morgan fingerprint density at radius 1 is 0.921 bits per heavy atom. The molecule has 6 rings (SSSR count). The van der Waals surface area contributed by atoms with Crippen LogP contribution in [0.15, 0.2) is 90.5 Å². The SMILES string of the molecule is CCOC(=O)c1ccc2c(c1)N(c1ccccc1)C[C@@H]1C(=C[C@H]3C[C@@H]1C(=O)N(c1ccccc1)C3=O)CO2. The zero-order valence-electron chi connectivity index (χ0n) is 21.1. The smallest absolute Gasteiger partial charge is 0.338 e. The van der Waals surface area contributed by atoms with E-state index in [1.54, 1.807) is 37.3 Å². The van der Waals surface area contributed by atoms with Crippen LogP contribution in [0.25, 0.3) is 0 Å². The summed E-state index contributed by atoms with van der Waals surface area (Å²) in [5.41, 5.74) is 3.65. The van der Waals surface area contributed by atoms with Crippen LogP contribution in [0.4, 0.5) is 17.1 Å². The number of hydrogen-bond acceptors (Lipinski definition) is 6. The summed E-state index contributed by atoms with van der Waals surface area (Å²) in [6, 6.07) is 24.3. The minimum absolute atomic E-state index is 0.169. The monoisotopic (exact) mass is 508 g/mol. The van der Waals surface area contributed by atoms with E-state index in [1.165, 1.54) is 4.90 Å². The first-order valence-electron chi connectivity index (χ1n) is 12.9. The van der Waals surface area contributed by atoms with Crippen LogP contribution < -0.4 is 14.5 Å². The number of carbonyl (C=O) groups is 3. The highest BCUT2D eigenvalue weighted by atomic mass is 16.5. The molecule has 2 aliphatic heterocycles. The highest BCUT2D eigenvalue weighted by Gasteiger charge is 2.49. The molecule has 38 heavy (non-hydrogen) atoms. The van der Waals surface area contributed by atoms with E-state index < -0.39 is 5.97 Å². The number of rotatable bonds is 4. The number of esters is 1. The topological polar surface area (TPSA) is 76.2 Å². The molecular weight excluding hydrogens is 480 g/mol. The molecule has 3 aliphatic rings. The maximum absolute atomic E-state index is 13.9. The van der Waals surface area contributed by atoms with Crippen molar-refractivity contribution in [2.24, 2.45) is 17.8 Å². The predicted octanol–water partition coefficient (Wildman–Crippen LogP) is 5.15. The molecule has 7 heteroatoms. The van der Waals surface area contributed by atoms with E-state index >= 15 is 0 Å². The summed E-state index contributed by atoms with van der Waals surface area (Å²) in [4.78, 5) is 43.3. The number of benzene rings is 3. The number of carbonyl (C=O) groups excluding carboxylic acids is 3. The van der Waals surface area contributed by atoms with Gasteiger partial charge >= 0.3 is 5.97 Å². The van der Waals surface area contributed by atoms with Crippen LogP contribution in [-0.2, 0) is 14.3 Å². The standard InChI is InChI=1S/C31H28N2O5/c1-2-37-31(36)20-13-14-28-27(17-20)32(23-9-5-3-6-10-23)18-26-22(19-38-28)15-21-16-25(26)30(35)33(29(21)34)24-11-7-4-8-12-24/h3-15,17,21,25-26H,2,16,18-19H2,1H3/t21-,25-,26+/m0/s1. The predicted molar refractivity (Wildman–Crippen MR) is 143 cm³/mol. The van der Waals surface area contributed by atoms with Crippen molar-refractivity contribution in [3.05, 3.63) is 96.1 Å². The van der Waals surface area contributed by atoms with Gasteiger partial charge in [-0.15, -0.1) is 0 Å². The van der Waals surface area contributed by atoms with Crippen molar-refractivity contribution < 1.29 is 23.9 Å². The van der Waals surface area contributed by atoms with E-state index in [4.69, 9.17) is 9.47 Å². The highest BCUT2D eigenvalue weighted by molar-refractivity contribution is 6.19. The van der Waals surface area contributed by atoms with Gasteiger partial charge in [0.25, 0.3) is 0 Å². The normalized spacial score (nSPS) is 22.3. The summed E-state index contributed by atoms with van der Waals surface area (Å²) in [5.74, 6) is -1.05. The van der Waals surface area contributed by atoms with E-state index in [0.717, 1.165) is 16.9 Å². The van der Waals surface area contributed by atoms with Crippen LogP contribution in [0, 0.1) is 17.8 Å². The minimum Gasteiger partial charge on any atom is -0.487 e. The number of hydrogen-bond donors (Lipinski definition) is 0. The van der Waals surface area contributed by atoms with Gasteiger partial charge in [-0.1, -0.05) is 42.5 Å². The fourth-order valence-corrected chi connectivity index (χ4v) is 5.76. The van der Waals surface area contributed by atoms with Crippen LogP contribution in [0.5, 0.6) is 5.75 Å². The van der Waals surface area contributed by atoms with Crippen LogP contribution in [0.2, 0.25) is 0 Å². The van der Waals surface area contributed by atoms with Crippen LogP contribution in [0.1, 0.15) is 23.7 Å². The number of anilines is 3. The number of ether oxygens (including phenoxy) is 2. The molecule has 0 saturated carbocycles. The molecule has 0 unspecified atom stereocenters. The fraction of sp³-hybridized carbons (Fsp3) is 0.258. The minimum atomic E-state index is -0.397. The van der Waals surface area contributed by atoms with Crippen molar-refractivity contribution in [1.82, 2.24) is 0 Å². The summed E-state index contributed by atoms with van der Waals surface area (Å²) in [6.45, 7) is 2.84. The molecule has 7 nitrogen and oxygen atoms in total. The van der Waals surface area contributed by atoms with Crippen LogP contribution >= 0.6 is 0 Å². The summed E-state index contributed by atoms with van der Waals surface area (Å²) in [7, 11) is 0. The molecule has 3 atom stereocenters. The van der Waals surface area contributed by atoms with Gasteiger partial charge in [0.15, 0.2) is 0 Å². The lowest BCUT2D eigenvalue weighted by atomic mass is 9.70. The lowest BCUT2D eigenvalue weighted by Gasteiger charge is -2.45. The van der Waals surface area contributed by atoms with Gasteiger partial charge in [0.2, 0.25) is 11.8 Å². The zero-order chi connectivity index (χ0) is 26.2. The third-order valence-corrected chi connectivity index (χ3v) is 7.58. The lowest BCUT2D eigenvalue weighted by molar-refractivity contribution is -0.136. The number of fused-ring (bicyclic) bond motifs is 5. The van der Waals surface area contributed by atoms with Gasteiger partial charge in [-0.2, -0.15) is 0 Å². The molecule has 1 saturated heterocycles. The quantitative estimate of drug-likeness (QED) is 0.276. The summed E-state index contributed by atoms with van der Waals surface area (Å²) in [5, 5.41) is 0. The number of para-hydroxylation sites is 2. The second-order valence-electron chi connectivity index (χ2n) is 9.78. The third-order valence-electron chi connectivity index (χ3n) is 7.58. The largest absolute Gasteiger partial charge is 0.487 e. The van der Waals surface area contributed by atoms with Crippen molar-refractivity contribution in [1.29, 1.82) is 0 Å². The summed E-state index contributed by atoms with van der Waals surface area (Å²) < 4.78 is 11.5. The van der Waals surface area contributed by atoms with Gasteiger partial charge < -0.3 is 14.4 Å². The molecule has 192 valence electrons. The summed E-state index contributed by atoms with van der Waals surface area (Å²) >= 11 is 0. The van der Waals surface area contributed by atoms with Gasteiger partial charge in [0.1, 0.15) is 12.4 Å². The molecule has 2 heterocycles. The first-order chi connectivity index (χ1) is 18.5. The third kappa shape index (κ3) is 4.14. The molecule has 3 aromatic carbocycles. The van der Waals surface area contributed by atoms with Crippen molar-refractivity contribution >= 4 is 34.8 Å². The average molecular weight is 509 g/mol. The first-order valence-corrected chi connectivity index (χ1v) is 12.9. The number of imide groups is 1. The van der Waals surface area contributed by atoms with E-state index in [0.29, 0.717) is 30.0 Å². The van der Waals surface area contributed by atoms with Crippen molar-refractivity contribution in [2.45, 2.75) is 13.3 Å². The number of nitrogens with zero attached hydrogens (tertiary/aromatic N) is 2. The van der Waals surface area contributed by atoms with E-state index in [-0.39, 0.29) is 42.8 Å². The molecule has 2 bridgehead atoms. The number of piperidine rings is 1. The van der Waals surface area contributed by atoms with Crippen molar-refractivity contribution in [3.63, 3.8) is 0 Å². The molecule has 1 aliphatic carbocycles. The summed E-state index contributed by atoms with van der Waals surface area (Å²) in [6.07, 6.45) is 2.49. The lowest BCUT2D eigenvalue weighted by Crippen LogP contribution is -2.55. The average Bonchev–Trinajstić information content (AvgIpc) is 2.94. The first kappa shape index (κ1) is 24.0. The Kier molecular flexibility index (Phi) is 6.19. The molecule has 0 N–H and O–H groups in total. The van der Waals surface area contributed by atoms with Gasteiger partial charge in [-0.05, 0) is 61.4 Å². The maximum atomic E-state index is 13.9. The number of amides is 2. The molecule has 0 aromatic heterocycles. The van der Waals surface area contributed by atoms with Gasteiger partial charge in [-0.3, -0.25) is 9.59 Å². The Hall–Kier alpha value is -4.39. The molecular formula is C31H28N2O5. The molecule has 0 radical (unpaired) electrons. The zero-order valence-corrected chi connectivity index (χ0v) is 21.1. The Morgan fingerprint density at radius 2 is 1.63 bits per heavy atom. The van der Waals surface area contributed by atoms with Crippen molar-refractivity contribution in [2.75, 3.05) is 29.6 Å². The fourth-order valence-electron chi connectivity index (χ4n) is 5.76. The van der Waals surface area contributed by atoms with Gasteiger partial charge in [0, 0.05) is 24.1 Å². The molecule has 2 amide bonds.